The molecule has 0 heterocycles. The fourth-order valence-electron chi connectivity index (χ4n) is 14.6. The van der Waals surface area contributed by atoms with Crippen LogP contribution in [0.1, 0.15) is 113 Å². The van der Waals surface area contributed by atoms with Crippen LogP contribution >= 0.6 is 0 Å². The third kappa shape index (κ3) is 6.52. The van der Waals surface area contributed by atoms with E-state index in [1.54, 1.807) is 0 Å². The first kappa shape index (κ1) is 46.3. The predicted molar refractivity (Wildman–Crippen MR) is 321 cm³/mol. The van der Waals surface area contributed by atoms with Crippen molar-refractivity contribution < 1.29 is 0 Å². The van der Waals surface area contributed by atoms with Gasteiger partial charge in [-0.25, -0.2) is 0 Å². The highest BCUT2D eigenvalue weighted by Crippen LogP contribution is 2.58. The molecule has 0 amide bonds. The molecule has 0 saturated heterocycles. The largest absolute Gasteiger partial charge is 0.310 e. The van der Waals surface area contributed by atoms with E-state index in [9.17, 15) is 0 Å². The van der Waals surface area contributed by atoms with Crippen LogP contribution < -0.4 is 9.80 Å². The third-order valence-corrected chi connectivity index (χ3v) is 18.8. The summed E-state index contributed by atoms with van der Waals surface area (Å²) in [6.07, 6.45) is 1.95. The Balaban J connectivity index is 0.917. The summed E-state index contributed by atoms with van der Waals surface area (Å²) in [4.78, 5) is 5.06. The fourth-order valence-corrected chi connectivity index (χ4v) is 14.6. The third-order valence-electron chi connectivity index (χ3n) is 18.8. The molecule has 76 heavy (non-hydrogen) atoms. The smallest absolute Gasteiger partial charge is 0.0465 e. The zero-order valence-corrected chi connectivity index (χ0v) is 45.1. The summed E-state index contributed by atoms with van der Waals surface area (Å²) >= 11 is 0. The van der Waals surface area contributed by atoms with Crippen molar-refractivity contribution in [3.8, 4) is 55.6 Å². The molecule has 0 fully saturated rings. The number of benzene rings is 10. The highest BCUT2D eigenvalue weighted by atomic mass is 15.1. The first-order chi connectivity index (χ1) is 36.8. The summed E-state index contributed by atoms with van der Waals surface area (Å²) in [6, 6.07) is 83.2. The minimum absolute atomic E-state index is 0.127. The average Bonchev–Trinajstić information content (AvgIpc) is 4.15. The van der Waals surface area contributed by atoms with Crippen molar-refractivity contribution in [3.63, 3.8) is 0 Å². The van der Waals surface area contributed by atoms with Crippen LogP contribution in [-0.4, -0.2) is 0 Å². The maximum atomic E-state index is 2.56. The van der Waals surface area contributed by atoms with Gasteiger partial charge in [-0.15, -0.1) is 0 Å². The van der Waals surface area contributed by atoms with E-state index in [4.69, 9.17) is 0 Å². The molecule has 370 valence electrons. The summed E-state index contributed by atoms with van der Waals surface area (Å²) in [5.41, 5.74) is 30.6. The Bertz CT molecular complexity index is 3890. The highest BCUT2D eigenvalue weighted by molar-refractivity contribution is 5.93. The van der Waals surface area contributed by atoms with Gasteiger partial charge in [-0.05, 0) is 186 Å². The van der Waals surface area contributed by atoms with Gasteiger partial charge in [0.15, 0.2) is 0 Å². The Labute approximate surface area is 450 Å². The molecule has 0 radical (unpaired) electrons. The van der Waals surface area contributed by atoms with Gasteiger partial charge in [-0.1, -0.05) is 201 Å². The lowest BCUT2D eigenvalue weighted by Gasteiger charge is -2.33. The monoisotopic (exact) mass is 981 g/mol. The van der Waals surface area contributed by atoms with Crippen molar-refractivity contribution in [1.29, 1.82) is 0 Å². The van der Waals surface area contributed by atoms with E-state index in [1.807, 2.05) is 0 Å². The standard InChI is InChI=1S/C74H64N2/c1-9-74(10-2)69-45-53(75(49-30-28-48(29-31-49)47-20-12-11-13-21-47)50-32-37-58-55-22-14-17-25-63(55)71(3,4)66(58)42-50)35-40-61(69)62-41-36-54(46-70(62)74)76(51-33-38-59-56-23-15-18-26-64(56)72(5,6)67(59)43-51)52-34-39-60-57-24-16-19-27-65(57)73(7,8)68(60)44-52/h11-46H,9-10H2,1-8H3. The second-order valence-corrected chi connectivity index (χ2v) is 23.5. The molecule has 10 aromatic rings. The lowest BCUT2D eigenvalue weighted by atomic mass is 9.73. The molecule has 2 heteroatoms. The fraction of sp³-hybridized carbons (Fsp3) is 0.189. The Hall–Kier alpha value is -8.20. The first-order valence-electron chi connectivity index (χ1n) is 27.6. The molecule has 14 rings (SSSR count). The Morgan fingerprint density at radius 2 is 0.513 bits per heavy atom. The van der Waals surface area contributed by atoms with Gasteiger partial charge in [0.2, 0.25) is 0 Å². The minimum atomic E-state index is -0.212. The summed E-state index contributed by atoms with van der Waals surface area (Å²) in [6.45, 7) is 19.1. The molecule has 0 atom stereocenters. The van der Waals surface area contributed by atoms with Crippen LogP contribution in [0.2, 0.25) is 0 Å². The summed E-state index contributed by atoms with van der Waals surface area (Å²) in [7, 11) is 0. The van der Waals surface area contributed by atoms with E-state index in [-0.39, 0.29) is 21.7 Å². The number of hydrogen-bond acceptors (Lipinski definition) is 2. The second-order valence-electron chi connectivity index (χ2n) is 23.5. The van der Waals surface area contributed by atoms with Gasteiger partial charge in [0, 0.05) is 55.8 Å². The maximum Gasteiger partial charge on any atom is 0.0465 e. The number of rotatable bonds is 9. The highest BCUT2D eigenvalue weighted by Gasteiger charge is 2.43. The molecule has 2 nitrogen and oxygen atoms in total. The molecule has 0 unspecified atom stereocenters. The van der Waals surface area contributed by atoms with Gasteiger partial charge < -0.3 is 9.80 Å². The quantitative estimate of drug-likeness (QED) is 0.142. The van der Waals surface area contributed by atoms with Gasteiger partial charge in [-0.2, -0.15) is 0 Å². The van der Waals surface area contributed by atoms with Crippen LogP contribution in [0.15, 0.2) is 218 Å². The SMILES string of the molecule is CCC1(CC)c2cc(N(c3ccc(-c4ccccc4)cc3)c3ccc4c(c3)C(C)(C)c3ccccc3-4)ccc2-c2ccc(N(c3ccc4c(c3)C(C)(C)c3ccccc3-4)c3ccc4c(c3)C(C)(C)c3ccccc3-4)cc21. The van der Waals surface area contributed by atoms with Crippen molar-refractivity contribution in [2.75, 3.05) is 9.80 Å². The van der Waals surface area contributed by atoms with Crippen molar-refractivity contribution in [2.45, 2.75) is 89.9 Å². The first-order valence-corrected chi connectivity index (χ1v) is 27.6. The van der Waals surface area contributed by atoms with Crippen molar-refractivity contribution in [1.82, 2.24) is 0 Å². The van der Waals surface area contributed by atoms with Gasteiger partial charge in [-0.3, -0.25) is 0 Å². The molecule has 0 bridgehead atoms. The molecule has 0 saturated carbocycles. The van der Waals surface area contributed by atoms with Gasteiger partial charge >= 0.3 is 0 Å². The van der Waals surface area contributed by atoms with E-state index in [1.165, 1.54) is 129 Å². The summed E-state index contributed by atoms with van der Waals surface area (Å²) in [5.74, 6) is 0. The van der Waals surface area contributed by atoms with Crippen molar-refractivity contribution >= 4 is 34.1 Å². The topological polar surface area (TPSA) is 6.48 Å². The average molecular weight is 981 g/mol. The second kappa shape index (κ2) is 16.6. The van der Waals surface area contributed by atoms with Gasteiger partial charge in [0.05, 0.1) is 0 Å². The number of hydrogen-bond donors (Lipinski definition) is 0. The van der Waals surface area contributed by atoms with Crippen molar-refractivity contribution in [3.05, 3.63) is 263 Å². The molecule has 4 aliphatic carbocycles. The molecule has 0 aliphatic heterocycles. The molecular weight excluding hydrogens is 917 g/mol. The van der Waals surface area contributed by atoms with Gasteiger partial charge in [0.25, 0.3) is 0 Å². The van der Waals surface area contributed by atoms with Crippen LogP contribution in [0.3, 0.4) is 0 Å². The molecule has 10 aromatic carbocycles. The normalized spacial score (nSPS) is 15.6. The van der Waals surface area contributed by atoms with Crippen molar-refractivity contribution in [2.24, 2.45) is 0 Å². The van der Waals surface area contributed by atoms with E-state index >= 15 is 0 Å². The predicted octanol–water partition coefficient (Wildman–Crippen LogP) is 20.3. The van der Waals surface area contributed by atoms with E-state index in [0.717, 1.165) is 18.5 Å². The zero-order chi connectivity index (χ0) is 51.9. The zero-order valence-electron chi connectivity index (χ0n) is 45.1. The Morgan fingerprint density at radius 1 is 0.250 bits per heavy atom. The number of fused-ring (bicyclic) bond motifs is 12. The van der Waals surface area contributed by atoms with Crippen LogP contribution in [0.4, 0.5) is 34.1 Å². The number of anilines is 6. The maximum absolute atomic E-state index is 2.56. The van der Waals surface area contributed by atoms with Crippen LogP contribution in [-0.2, 0) is 21.7 Å². The van der Waals surface area contributed by atoms with Crippen LogP contribution in [0.5, 0.6) is 0 Å². The van der Waals surface area contributed by atoms with Gasteiger partial charge in [0.1, 0.15) is 0 Å². The number of nitrogens with zero attached hydrogens (tertiary/aromatic N) is 2. The molecular formula is C74H64N2. The minimum Gasteiger partial charge on any atom is -0.310 e. The lowest BCUT2D eigenvalue weighted by molar-refractivity contribution is 0.490. The molecule has 0 spiro atoms. The lowest BCUT2D eigenvalue weighted by Crippen LogP contribution is -2.24. The van der Waals surface area contributed by atoms with Crippen LogP contribution in [0.25, 0.3) is 55.6 Å². The van der Waals surface area contributed by atoms with E-state index < -0.39 is 0 Å². The van der Waals surface area contributed by atoms with Crippen LogP contribution in [0, 0.1) is 0 Å². The molecule has 4 aliphatic rings. The molecule has 0 aromatic heterocycles. The summed E-state index contributed by atoms with van der Waals surface area (Å²) < 4.78 is 0. The molecule has 0 N–H and O–H groups in total. The Kier molecular flexibility index (Phi) is 10.2. The summed E-state index contributed by atoms with van der Waals surface area (Å²) in [5, 5.41) is 0. The Morgan fingerprint density at radius 3 is 0.868 bits per heavy atom. The van der Waals surface area contributed by atoms with E-state index in [2.05, 4.69) is 284 Å². The van der Waals surface area contributed by atoms with E-state index in [0.29, 0.717) is 0 Å².